The first-order valence-corrected chi connectivity index (χ1v) is 13.0. The second-order valence-corrected chi connectivity index (χ2v) is 10.9. The molecule has 5 atom stereocenters. The third-order valence-electron chi connectivity index (χ3n) is 7.82. The molecule has 0 aromatic carbocycles. The lowest BCUT2D eigenvalue weighted by Gasteiger charge is -2.53. The highest BCUT2D eigenvalue weighted by atomic mass is 16.6. The van der Waals surface area contributed by atoms with E-state index in [1.54, 1.807) is 13.8 Å². The number of aliphatic hydroxyl groups excluding tert-OH is 2. The smallest absolute Gasteiger partial charge is 0.164 e. The fourth-order valence-electron chi connectivity index (χ4n) is 5.80. The molecule has 5 nitrogen and oxygen atoms in total. The van der Waals surface area contributed by atoms with Crippen molar-refractivity contribution in [2.45, 2.75) is 104 Å². The van der Waals surface area contributed by atoms with E-state index in [1.165, 1.54) is 11.1 Å². The van der Waals surface area contributed by atoms with E-state index in [9.17, 15) is 20.1 Å². The van der Waals surface area contributed by atoms with Crippen molar-refractivity contribution < 1.29 is 24.9 Å². The summed E-state index contributed by atoms with van der Waals surface area (Å²) in [5.74, 6) is -0.237. The van der Waals surface area contributed by atoms with Crippen LogP contribution < -0.4 is 0 Å². The zero-order chi connectivity index (χ0) is 26.2. The minimum atomic E-state index is -1.16. The molecule has 1 heterocycles. The highest BCUT2D eigenvalue weighted by molar-refractivity contribution is 5.74. The number of ether oxygens (including phenoxy) is 1. The van der Waals surface area contributed by atoms with Gasteiger partial charge >= 0.3 is 0 Å². The van der Waals surface area contributed by atoms with Gasteiger partial charge in [0.05, 0.1) is 17.1 Å². The number of allylic oxidation sites excluding steroid dienone is 9. The highest BCUT2D eigenvalue weighted by Crippen LogP contribution is 2.60. The average Bonchev–Trinajstić information content (AvgIpc) is 3.10. The predicted molar refractivity (Wildman–Crippen MR) is 142 cm³/mol. The van der Waals surface area contributed by atoms with Crippen LogP contribution in [-0.4, -0.2) is 46.2 Å². The van der Waals surface area contributed by atoms with E-state index in [1.807, 2.05) is 25.2 Å². The maximum atomic E-state index is 11.6. The molecule has 0 radical (unpaired) electrons. The van der Waals surface area contributed by atoms with Gasteiger partial charge in [0.2, 0.25) is 0 Å². The predicted octanol–water partition coefficient (Wildman–Crippen LogP) is 5.72. The van der Waals surface area contributed by atoms with Crippen LogP contribution in [0.25, 0.3) is 0 Å². The number of aliphatic hydroxyl groups is 3. The Kier molecular flexibility index (Phi) is 10.9. The quantitative estimate of drug-likeness (QED) is 0.159. The Balaban J connectivity index is 2.26. The Hall–Kier alpha value is -1.79. The van der Waals surface area contributed by atoms with E-state index in [-0.39, 0.29) is 18.6 Å². The minimum Gasteiger partial charge on any atom is -0.396 e. The number of hydrogen-bond acceptors (Lipinski definition) is 5. The second kappa shape index (κ2) is 13.0. The first-order valence-electron chi connectivity index (χ1n) is 13.0. The Bertz CT molecular complexity index is 884. The molecule has 1 aliphatic carbocycles. The van der Waals surface area contributed by atoms with Crippen LogP contribution in [0.4, 0.5) is 0 Å². The minimum absolute atomic E-state index is 0.0214. The Morgan fingerprint density at radius 2 is 1.91 bits per heavy atom. The SMILES string of the molecule is CC(C)=CCC/C(C)=C/C=C/C(C)=C/[C@H]1C[C@@]2([C@H](O)O1)[C@H](CCCO)/C(=C(\C)C=O)CC[C@]2(C)O. The molecule has 0 aromatic heterocycles. The maximum absolute atomic E-state index is 11.6. The molecule has 5 heteroatoms. The number of carbonyl (C=O) groups excluding carboxylic acids is 1. The zero-order valence-corrected chi connectivity index (χ0v) is 22.5. The number of aldehydes is 1. The van der Waals surface area contributed by atoms with E-state index in [4.69, 9.17) is 4.74 Å². The van der Waals surface area contributed by atoms with Gasteiger partial charge < -0.3 is 20.1 Å². The van der Waals surface area contributed by atoms with Gasteiger partial charge in [0.15, 0.2) is 6.29 Å². The molecule has 1 spiro atoms. The molecule has 1 saturated heterocycles. The van der Waals surface area contributed by atoms with Crippen molar-refractivity contribution in [1.82, 2.24) is 0 Å². The molecule has 2 fully saturated rings. The number of hydrogen-bond donors (Lipinski definition) is 3. The summed E-state index contributed by atoms with van der Waals surface area (Å²) in [6, 6.07) is 0. The lowest BCUT2D eigenvalue weighted by Crippen LogP contribution is -2.58. The van der Waals surface area contributed by atoms with Crippen LogP contribution in [0, 0.1) is 11.3 Å². The summed E-state index contributed by atoms with van der Waals surface area (Å²) in [7, 11) is 0. The van der Waals surface area contributed by atoms with Gasteiger partial charge in [-0.15, -0.1) is 0 Å². The lowest BCUT2D eigenvalue weighted by molar-refractivity contribution is -0.219. The van der Waals surface area contributed by atoms with Gasteiger partial charge in [-0.1, -0.05) is 52.7 Å². The van der Waals surface area contributed by atoms with Gasteiger partial charge in [0.1, 0.15) is 6.29 Å². The first kappa shape index (κ1) is 29.4. The molecular weight excluding hydrogens is 440 g/mol. The van der Waals surface area contributed by atoms with Crippen molar-refractivity contribution in [3.63, 3.8) is 0 Å². The maximum Gasteiger partial charge on any atom is 0.164 e. The van der Waals surface area contributed by atoms with Gasteiger partial charge in [0, 0.05) is 6.61 Å². The van der Waals surface area contributed by atoms with Gasteiger partial charge in [-0.05, 0) is 98.0 Å². The second-order valence-electron chi connectivity index (χ2n) is 10.9. The summed E-state index contributed by atoms with van der Waals surface area (Å²) in [5.41, 5.74) is 3.20. The van der Waals surface area contributed by atoms with Crippen LogP contribution in [0.5, 0.6) is 0 Å². The average molecular weight is 487 g/mol. The van der Waals surface area contributed by atoms with Crippen molar-refractivity contribution in [3.8, 4) is 0 Å². The van der Waals surface area contributed by atoms with Crippen LogP contribution in [0.3, 0.4) is 0 Å². The third-order valence-corrected chi connectivity index (χ3v) is 7.82. The fourth-order valence-corrected chi connectivity index (χ4v) is 5.80. The molecule has 35 heavy (non-hydrogen) atoms. The summed E-state index contributed by atoms with van der Waals surface area (Å²) in [6.07, 6.45) is 14.5. The summed E-state index contributed by atoms with van der Waals surface area (Å²) in [6.45, 7) is 12.0. The van der Waals surface area contributed by atoms with E-state index >= 15 is 0 Å². The Morgan fingerprint density at radius 3 is 2.54 bits per heavy atom. The van der Waals surface area contributed by atoms with Crippen molar-refractivity contribution in [1.29, 1.82) is 0 Å². The Morgan fingerprint density at radius 1 is 1.20 bits per heavy atom. The largest absolute Gasteiger partial charge is 0.396 e. The molecule has 0 aromatic rings. The molecule has 0 unspecified atom stereocenters. The van der Waals surface area contributed by atoms with Crippen LogP contribution in [-0.2, 0) is 9.53 Å². The van der Waals surface area contributed by atoms with Gasteiger partial charge in [-0.25, -0.2) is 0 Å². The van der Waals surface area contributed by atoms with E-state index in [0.29, 0.717) is 37.7 Å². The van der Waals surface area contributed by atoms with Gasteiger partial charge in [-0.3, -0.25) is 4.79 Å². The summed E-state index contributed by atoms with van der Waals surface area (Å²) < 4.78 is 6.03. The van der Waals surface area contributed by atoms with Crippen molar-refractivity contribution >= 4 is 6.29 Å². The summed E-state index contributed by atoms with van der Waals surface area (Å²) in [5, 5.41) is 32.3. The molecule has 1 aliphatic heterocycles. The number of rotatable bonds is 10. The molecule has 2 rings (SSSR count). The third kappa shape index (κ3) is 7.13. The molecule has 2 aliphatic rings. The van der Waals surface area contributed by atoms with Crippen molar-refractivity contribution in [3.05, 3.63) is 58.2 Å². The molecule has 0 bridgehead atoms. The molecular formula is C30H46O5. The van der Waals surface area contributed by atoms with Gasteiger partial charge in [-0.2, -0.15) is 0 Å². The fraction of sp³-hybridized carbons (Fsp3) is 0.633. The molecule has 1 saturated carbocycles. The van der Waals surface area contributed by atoms with Crippen LogP contribution in [0.15, 0.2) is 58.2 Å². The van der Waals surface area contributed by atoms with Crippen LogP contribution in [0.1, 0.15) is 86.5 Å². The first-order chi connectivity index (χ1) is 16.5. The normalized spacial score (nSPS) is 33.5. The highest BCUT2D eigenvalue weighted by Gasteiger charge is 2.64. The van der Waals surface area contributed by atoms with Crippen LogP contribution in [0.2, 0.25) is 0 Å². The molecule has 196 valence electrons. The van der Waals surface area contributed by atoms with Crippen LogP contribution >= 0.6 is 0 Å². The zero-order valence-electron chi connectivity index (χ0n) is 22.5. The topological polar surface area (TPSA) is 87.0 Å². The molecule has 3 N–H and O–H groups in total. The summed E-state index contributed by atoms with van der Waals surface area (Å²) in [4.78, 5) is 11.6. The standard InChI is InChI=1S/C30H46O5/c1-21(2)10-7-11-22(3)12-8-13-23(4)18-25-19-30(28(33)35-25)27(14-9-17-31)26(24(5)20-32)15-16-29(30,6)34/h8,10,12-13,18,20,25,27-28,31,33-34H,7,9,11,14-17,19H2,1-6H3/b13-8+,22-12+,23-18+,26-24+/t25-,27+,28+,29-,30-/m0/s1. The van der Waals surface area contributed by atoms with E-state index in [0.717, 1.165) is 30.3 Å². The van der Waals surface area contributed by atoms with Crippen molar-refractivity contribution in [2.24, 2.45) is 11.3 Å². The lowest BCUT2D eigenvalue weighted by atomic mass is 9.53. The Labute approximate surface area is 212 Å². The molecule has 0 amide bonds. The van der Waals surface area contributed by atoms with Crippen molar-refractivity contribution in [2.75, 3.05) is 6.61 Å². The van der Waals surface area contributed by atoms with Gasteiger partial charge in [0.25, 0.3) is 0 Å². The monoisotopic (exact) mass is 486 g/mol. The summed E-state index contributed by atoms with van der Waals surface area (Å²) >= 11 is 0. The number of carbonyl (C=O) groups is 1. The van der Waals surface area contributed by atoms with E-state index in [2.05, 4.69) is 32.9 Å². The van der Waals surface area contributed by atoms with E-state index < -0.39 is 17.3 Å².